The average molecular weight is 421 g/mol. The second-order valence-electron chi connectivity index (χ2n) is 7.65. The van der Waals surface area contributed by atoms with Gasteiger partial charge < -0.3 is 14.8 Å². The predicted octanol–water partition coefficient (Wildman–Crippen LogP) is 4.91. The zero-order valence-electron chi connectivity index (χ0n) is 16.3. The summed E-state index contributed by atoms with van der Waals surface area (Å²) in [4.78, 5) is 23.6. The smallest absolute Gasteiger partial charge is 0.434 e. The molecule has 164 valence electrons. The van der Waals surface area contributed by atoms with Crippen LogP contribution in [0.25, 0.3) is 0 Å². The Bertz CT molecular complexity index is 549. The Hall–Kier alpha value is -1.94. The highest BCUT2D eigenvalue weighted by Crippen LogP contribution is 2.36. The molecule has 0 radical (unpaired) electrons. The maximum absolute atomic E-state index is 12.5. The summed E-state index contributed by atoms with van der Waals surface area (Å²) in [6.45, 7) is 11.6. The molecule has 0 aromatic rings. The second-order valence-corrected chi connectivity index (χ2v) is 7.65. The molecule has 28 heavy (non-hydrogen) atoms. The number of alkyl halides is 6. The highest BCUT2D eigenvalue weighted by atomic mass is 19.4. The van der Waals surface area contributed by atoms with Gasteiger partial charge in [-0.25, -0.2) is 9.59 Å². The molecule has 0 saturated heterocycles. The lowest BCUT2D eigenvalue weighted by molar-refractivity contribution is -0.312. The zero-order valence-corrected chi connectivity index (χ0v) is 16.3. The number of hydrogen-bond acceptors (Lipinski definition) is 4. The molecule has 0 aliphatic rings. The minimum Gasteiger partial charge on any atom is -0.444 e. The van der Waals surface area contributed by atoms with Gasteiger partial charge in [0.15, 0.2) is 0 Å². The summed E-state index contributed by atoms with van der Waals surface area (Å²) in [6.07, 6.45) is -16.9. The second kappa shape index (κ2) is 9.51. The number of ether oxygens (including phenoxy) is 2. The first kappa shape index (κ1) is 26.1. The summed E-state index contributed by atoms with van der Waals surface area (Å²) >= 11 is 0. The van der Waals surface area contributed by atoms with Crippen LogP contribution >= 0.6 is 0 Å². The van der Waals surface area contributed by atoms with Crippen molar-refractivity contribution in [2.75, 3.05) is 0 Å². The van der Waals surface area contributed by atoms with Crippen molar-refractivity contribution in [3.63, 3.8) is 0 Å². The van der Waals surface area contributed by atoms with E-state index >= 15 is 0 Å². The van der Waals surface area contributed by atoms with Crippen LogP contribution in [0.3, 0.4) is 0 Å². The van der Waals surface area contributed by atoms with Gasteiger partial charge in [-0.1, -0.05) is 20.4 Å². The number of rotatable bonds is 7. The topological polar surface area (TPSA) is 64.6 Å². The summed E-state index contributed by atoms with van der Waals surface area (Å²) in [5.41, 5.74) is -1.46. The van der Waals surface area contributed by atoms with Crippen LogP contribution in [0.2, 0.25) is 0 Å². The molecule has 0 heterocycles. The molecule has 0 bridgehead atoms. The predicted molar refractivity (Wildman–Crippen MR) is 88.4 cm³/mol. The molecule has 0 rings (SSSR count). The Morgan fingerprint density at radius 2 is 1.46 bits per heavy atom. The molecule has 0 unspecified atom stereocenters. The van der Waals surface area contributed by atoms with E-state index in [1.54, 1.807) is 34.6 Å². The van der Waals surface area contributed by atoms with Crippen LogP contribution in [0.4, 0.5) is 31.1 Å². The van der Waals surface area contributed by atoms with Gasteiger partial charge in [-0.15, -0.1) is 0 Å². The lowest BCUT2D eigenvalue weighted by Crippen LogP contribution is -2.46. The molecule has 1 amide bonds. The van der Waals surface area contributed by atoms with Gasteiger partial charge in [-0.05, 0) is 39.5 Å². The highest BCUT2D eigenvalue weighted by molar-refractivity contribution is 5.88. The monoisotopic (exact) mass is 421 g/mol. The lowest BCUT2D eigenvalue weighted by atomic mass is 9.98. The van der Waals surface area contributed by atoms with E-state index in [-0.39, 0.29) is 12.3 Å². The fourth-order valence-electron chi connectivity index (χ4n) is 2.13. The average Bonchev–Trinajstić information content (AvgIpc) is 2.38. The Balaban J connectivity index is 5.15. The summed E-state index contributed by atoms with van der Waals surface area (Å²) in [5.74, 6) is -1.86. The van der Waals surface area contributed by atoms with Crippen molar-refractivity contribution < 1.29 is 45.4 Å². The number of amides is 1. The molecule has 1 atom stereocenters. The minimum absolute atomic E-state index is 0.0122. The van der Waals surface area contributed by atoms with Crippen molar-refractivity contribution in [3.8, 4) is 0 Å². The van der Waals surface area contributed by atoms with Crippen molar-refractivity contribution >= 4 is 12.1 Å². The van der Waals surface area contributed by atoms with Gasteiger partial charge in [-0.3, -0.25) is 0 Å². The van der Waals surface area contributed by atoms with Crippen LogP contribution in [-0.2, 0) is 14.3 Å². The van der Waals surface area contributed by atoms with E-state index < -0.39 is 54.2 Å². The molecule has 0 aliphatic carbocycles. The third kappa shape index (κ3) is 10.4. The van der Waals surface area contributed by atoms with E-state index in [2.05, 4.69) is 16.6 Å². The Morgan fingerprint density at radius 1 is 1.00 bits per heavy atom. The fourth-order valence-corrected chi connectivity index (χ4v) is 2.13. The molecule has 1 N–H and O–H groups in total. The lowest BCUT2D eigenvalue weighted by Gasteiger charge is -2.26. The van der Waals surface area contributed by atoms with Crippen LogP contribution in [0, 0.1) is 5.92 Å². The molecular formula is C17H25F6NO4. The van der Waals surface area contributed by atoms with Crippen LogP contribution < -0.4 is 5.32 Å². The molecule has 0 aliphatic heterocycles. The number of halogens is 6. The van der Waals surface area contributed by atoms with Crippen LogP contribution in [0.15, 0.2) is 12.2 Å². The Morgan fingerprint density at radius 3 is 1.82 bits per heavy atom. The molecule has 11 heteroatoms. The van der Waals surface area contributed by atoms with Crippen molar-refractivity contribution in [2.45, 2.75) is 77.6 Å². The van der Waals surface area contributed by atoms with Gasteiger partial charge in [0, 0.05) is 11.6 Å². The van der Waals surface area contributed by atoms with Crippen molar-refractivity contribution in [1.29, 1.82) is 0 Å². The van der Waals surface area contributed by atoms with E-state index in [1.165, 1.54) is 0 Å². The van der Waals surface area contributed by atoms with Crippen molar-refractivity contribution in [3.05, 3.63) is 12.2 Å². The van der Waals surface area contributed by atoms with Crippen LogP contribution in [-0.4, -0.2) is 42.2 Å². The first-order valence-corrected chi connectivity index (χ1v) is 8.34. The molecular weight excluding hydrogens is 396 g/mol. The van der Waals surface area contributed by atoms with Gasteiger partial charge >= 0.3 is 24.4 Å². The van der Waals surface area contributed by atoms with Gasteiger partial charge in [0.2, 0.25) is 0 Å². The summed E-state index contributed by atoms with van der Waals surface area (Å²) in [6, 6.07) is -0.801. The summed E-state index contributed by atoms with van der Waals surface area (Å²) in [7, 11) is 0. The van der Waals surface area contributed by atoms with Gasteiger partial charge in [0.25, 0.3) is 6.10 Å². The fraction of sp³-hybridized carbons (Fsp3) is 0.765. The van der Waals surface area contributed by atoms with E-state index in [1.807, 2.05) is 0 Å². The zero-order chi connectivity index (χ0) is 22.5. The molecule has 0 spiro atoms. The van der Waals surface area contributed by atoms with Crippen LogP contribution in [0.5, 0.6) is 0 Å². The van der Waals surface area contributed by atoms with Gasteiger partial charge in [-0.2, -0.15) is 26.3 Å². The minimum atomic E-state index is -5.82. The van der Waals surface area contributed by atoms with E-state index in [4.69, 9.17) is 4.74 Å². The third-order valence-electron chi connectivity index (χ3n) is 3.08. The first-order chi connectivity index (χ1) is 12.3. The first-order valence-electron chi connectivity index (χ1n) is 8.34. The summed E-state index contributed by atoms with van der Waals surface area (Å²) < 4.78 is 83.7. The molecule has 0 saturated carbocycles. The quantitative estimate of drug-likeness (QED) is 0.361. The van der Waals surface area contributed by atoms with E-state index in [0.717, 1.165) is 0 Å². The normalized spacial score (nSPS) is 14.0. The Labute approximate surface area is 159 Å². The van der Waals surface area contributed by atoms with Gasteiger partial charge in [0.05, 0.1) is 0 Å². The molecule has 0 aromatic carbocycles. The maximum Gasteiger partial charge on any atom is 0.434 e. The number of alkyl carbamates (subject to hydrolysis) is 1. The summed E-state index contributed by atoms with van der Waals surface area (Å²) in [5, 5.41) is 2.43. The standard InChI is InChI=1S/C17H25F6NO4/c1-9(2)7-11(24-14(26)28-15(4,5)6)8-10(3)12(25)27-13(16(18,19)20)17(21,22)23/h9,11,13H,3,7-8H2,1-2,4-6H3,(H,24,26)/t11-/m0/s1. The maximum atomic E-state index is 12.5. The highest BCUT2D eigenvalue weighted by Gasteiger charge is 2.60. The van der Waals surface area contributed by atoms with Crippen molar-refractivity contribution in [2.24, 2.45) is 5.92 Å². The molecule has 0 aromatic heterocycles. The third-order valence-corrected chi connectivity index (χ3v) is 3.08. The SMILES string of the molecule is C=C(C[C@H](CC(C)C)NC(=O)OC(C)(C)C)C(=O)OC(C(F)(F)F)C(F)(F)F. The molecule has 0 fully saturated rings. The van der Waals surface area contributed by atoms with E-state index in [0.29, 0.717) is 0 Å². The number of hydrogen-bond donors (Lipinski definition) is 1. The largest absolute Gasteiger partial charge is 0.444 e. The van der Waals surface area contributed by atoms with Gasteiger partial charge in [0.1, 0.15) is 5.60 Å². The number of carbonyl (C=O) groups excluding carboxylic acids is 2. The van der Waals surface area contributed by atoms with Crippen molar-refractivity contribution in [1.82, 2.24) is 5.32 Å². The van der Waals surface area contributed by atoms with E-state index in [9.17, 15) is 35.9 Å². The number of carbonyl (C=O) groups is 2. The molecule has 5 nitrogen and oxygen atoms in total. The van der Waals surface area contributed by atoms with Crippen LogP contribution in [0.1, 0.15) is 47.5 Å². The Kier molecular flexibility index (Phi) is 8.85. The number of esters is 1. The number of nitrogens with one attached hydrogen (secondary N) is 1.